The Morgan fingerprint density at radius 2 is 1.86 bits per heavy atom. The highest BCUT2D eigenvalue weighted by Crippen LogP contribution is 2.60. The molecule has 0 radical (unpaired) electrons. The van der Waals surface area contributed by atoms with Gasteiger partial charge in [-0.05, 0) is 45.1 Å². The molecule has 0 N–H and O–H groups in total. The highest BCUT2D eigenvalue weighted by atomic mass is 19.4. The van der Waals surface area contributed by atoms with Crippen LogP contribution in [0.2, 0.25) is 0 Å². The van der Waals surface area contributed by atoms with Crippen molar-refractivity contribution in [3.63, 3.8) is 0 Å². The van der Waals surface area contributed by atoms with Gasteiger partial charge in [-0.15, -0.1) is 0 Å². The fourth-order valence-corrected chi connectivity index (χ4v) is 2.79. The molecule has 2 rings (SSSR count). The van der Waals surface area contributed by atoms with E-state index in [1.54, 1.807) is 0 Å². The Kier molecular flexibility index (Phi) is 3.71. The Balaban J connectivity index is 2.64. The van der Waals surface area contributed by atoms with Crippen molar-refractivity contribution in [3.05, 3.63) is 35.6 Å². The molecule has 0 aromatic heterocycles. The van der Waals surface area contributed by atoms with Crippen molar-refractivity contribution in [2.45, 2.75) is 32.5 Å². The summed E-state index contributed by atoms with van der Waals surface area (Å²) in [6, 6.07) is 0. The van der Waals surface area contributed by atoms with E-state index in [0.29, 0.717) is 0 Å². The van der Waals surface area contributed by atoms with Gasteiger partial charge in [0.1, 0.15) is 11.2 Å². The Bertz CT molecular complexity index is 597. The van der Waals surface area contributed by atoms with E-state index in [-0.39, 0.29) is 12.4 Å². The normalized spacial score (nSPS) is 26.5. The van der Waals surface area contributed by atoms with Crippen molar-refractivity contribution in [3.8, 4) is 0 Å². The van der Waals surface area contributed by atoms with E-state index in [4.69, 9.17) is 9.47 Å². The summed E-state index contributed by atoms with van der Waals surface area (Å²) in [6.07, 6.45) is -0.699. The number of hydrogen-bond acceptors (Lipinski definition) is 4. The lowest BCUT2D eigenvalue weighted by Crippen LogP contribution is -2.54. The zero-order valence-corrected chi connectivity index (χ0v) is 12.3. The minimum Gasteiger partial charge on any atom is -0.482 e. The second-order valence-corrected chi connectivity index (χ2v) is 5.24. The van der Waals surface area contributed by atoms with Gasteiger partial charge in [0.2, 0.25) is 0 Å². The Labute approximate surface area is 125 Å². The molecular formula is C15H15F3O4. The summed E-state index contributed by atoms with van der Waals surface area (Å²) in [5.41, 5.74) is -5.19. The molecule has 22 heavy (non-hydrogen) atoms. The molecule has 0 bridgehead atoms. The SMILES string of the molecule is CCOC(=O)C1=C(C)OC2(C=CC(=O)C=C2)[C@]1(C)C(F)(F)F. The first-order valence-corrected chi connectivity index (χ1v) is 6.65. The van der Waals surface area contributed by atoms with Crippen molar-refractivity contribution in [2.24, 2.45) is 5.41 Å². The molecule has 1 heterocycles. The molecule has 0 aromatic carbocycles. The molecule has 0 saturated heterocycles. The third kappa shape index (κ3) is 2.07. The monoisotopic (exact) mass is 316 g/mol. The van der Waals surface area contributed by atoms with Crippen LogP contribution in [0.25, 0.3) is 0 Å². The number of ketones is 1. The summed E-state index contributed by atoms with van der Waals surface area (Å²) in [7, 11) is 0. The Hall–Kier alpha value is -2.05. The fourth-order valence-electron chi connectivity index (χ4n) is 2.79. The number of carbonyl (C=O) groups excluding carboxylic acids is 2. The lowest BCUT2D eigenvalue weighted by molar-refractivity contribution is -0.234. The van der Waals surface area contributed by atoms with Gasteiger partial charge in [-0.3, -0.25) is 4.79 Å². The average molecular weight is 316 g/mol. The van der Waals surface area contributed by atoms with E-state index in [9.17, 15) is 22.8 Å². The molecule has 0 saturated carbocycles. The smallest absolute Gasteiger partial charge is 0.403 e. The van der Waals surface area contributed by atoms with E-state index in [1.807, 2.05) is 0 Å². The predicted octanol–water partition coefficient (Wildman–Crippen LogP) is 2.86. The number of rotatable bonds is 2. The molecule has 0 amide bonds. The van der Waals surface area contributed by atoms with Crippen LogP contribution in [0.3, 0.4) is 0 Å². The van der Waals surface area contributed by atoms with Crippen molar-refractivity contribution < 1.29 is 32.2 Å². The molecule has 120 valence electrons. The van der Waals surface area contributed by atoms with Crippen molar-refractivity contribution >= 4 is 11.8 Å². The highest BCUT2D eigenvalue weighted by Gasteiger charge is 2.71. The first-order valence-electron chi connectivity index (χ1n) is 6.65. The van der Waals surface area contributed by atoms with E-state index < -0.39 is 34.5 Å². The van der Waals surface area contributed by atoms with Crippen LogP contribution in [0, 0.1) is 5.41 Å². The van der Waals surface area contributed by atoms with Gasteiger partial charge in [-0.2, -0.15) is 13.2 Å². The third-order valence-corrected chi connectivity index (χ3v) is 3.99. The zero-order valence-electron chi connectivity index (χ0n) is 12.3. The van der Waals surface area contributed by atoms with E-state index in [1.165, 1.54) is 13.8 Å². The number of hydrogen-bond donors (Lipinski definition) is 0. The summed E-state index contributed by atoms with van der Waals surface area (Å²) >= 11 is 0. The van der Waals surface area contributed by atoms with Crippen LogP contribution in [-0.2, 0) is 19.1 Å². The predicted molar refractivity (Wildman–Crippen MR) is 70.6 cm³/mol. The number of esters is 1. The number of ether oxygens (including phenoxy) is 2. The second kappa shape index (κ2) is 5.00. The quantitative estimate of drug-likeness (QED) is 0.735. The number of alkyl halides is 3. The van der Waals surface area contributed by atoms with Gasteiger partial charge in [0.05, 0.1) is 12.2 Å². The van der Waals surface area contributed by atoms with Gasteiger partial charge in [0.15, 0.2) is 11.4 Å². The van der Waals surface area contributed by atoms with Crippen LogP contribution in [-0.4, -0.2) is 30.1 Å². The van der Waals surface area contributed by atoms with Gasteiger partial charge < -0.3 is 9.47 Å². The highest BCUT2D eigenvalue weighted by molar-refractivity contribution is 6.01. The summed E-state index contributed by atoms with van der Waals surface area (Å²) in [6.45, 7) is 3.60. The first-order chi connectivity index (χ1) is 10.1. The number of allylic oxidation sites excluding steroid dienone is 3. The molecule has 7 heteroatoms. The molecule has 2 aliphatic rings. The van der Waals surface area contributed by atoms with Crippen LogP contribution in [0.4, 0.5) is 13.2 Å². The largest absolute Gasteiger partial charge is 0.482 e. The maximum absolute atomic E-state index is 13.8. The van der Waals surface area contributed by atoms with E-state index in [2.05, 4.69) is 0 Å². The van der Waals surface area contributed by atoms with Crippen molar-refractivity contribution in [1.29, 1.82) is 0 Å². The van der Waals surface area contributed by atoms with Gasteiger partial charge in [-0.1, -0.05) is 0 Å². The summed E-state index contributed by atoms with van der Waals surface area (Å²) in [5, 5.41) is 0. The van der Waals surface area contributed by atoms with Crippen LogP contribution >= 0.6 is 0 Å². The van der Waals surface area contributed by atoms with Gasteiger partial charge in [-0.25, -0.2) is 4.79 Å². The molecular weight excluding hydrogens is 301 g/mol. The topological polar surface area (TPSA) is 52.6 Å². The second-order valence-electron chi connectivity index (χ2n) is 5.24. The zero-order chi connectivity index (χ0) is 16.8. The fraction of sp³-hybridized carbons (Fsp3) is 0.467. The molecule has 1 atom stereocenters. The summed E-state index contributed by atoms with van der Waals surface area (Å²) < 4.78 is 51.6. The standard InChI is InChI=1S/C15H15F3O4/c1-4-21-12(20)11-9(2)22-14(7-5-10(19)6-8-14)13(11,3)15(16,17)18/h5-8H,4H2,1-3H3/t13-/m1/s1. The van der Waals surface area contributed by atoms with E-state index >= 15 is 0 Å². The lowest BCUT2D eigenvalue weighted by Gasteiger charge is -2.41. The molecule has 0 aromatic rings. The molecule has 0 unspecified atom stereocenters. The molecule has 1 aliphatic heterocycles. The first kappa shape index (κ1) is 16.3. The Morgan fingerprint density at radius 3 is 2.32 bits per heavy atom. The molecule has 1 spiro atoms. The summed E-state index contributed by atoms with van der Waals surface area (Å²) in [4.78, 5) is 23.3. The Morgan fingerprint density at radius 1 is 1.32 bits per heavy atom. The maximum atomic E-state index is 13.8. The molecule has 1 aliphatic carbocycles. The van der Waals surface area contributed by atoms with E-state index in [0.717, 1.165) is 31.2 Å². The number of halogens is 3. The summed E-state index contributed by atoms with van der Waals surface area (Å²) in [5.74, 6) is -1.68. The molecule has 0 fully saturated rings. The maximum Gasteiger partial charge on any atom is 0.403 e. The number of carbonyl (C=O) groups is 2. The minimum absolute atomic E-state index is 0.0548. The minimum atomic E-state index is -4.79. The van der Waals surface area contributed by atoms with Crippen LogP contribution in [0.15, 0.2) is 35.6 Å². The third-order valence-electron chi connectivity index (χ3n) is 3.99. The van der Waals surface area contributed by atoms with Crippen LogP contribution in [0.5, 0.6) is 0 Å². The van der Waals surface area contributed by atoms with Gasteiger partial charge in [0.25, 0.3) is 0 Å². The molecule has 4 nitrogen and oxygen atoms in total. The van der Waals surface area contributed by atoms with Gasteiger partial charge >= 0.3 is 12.1 Å². The lowest BCUT2D eigenvalue weighted by atomic mass is 9.67. The van der Waals surface area contributed by atoms with Gasteiger partial charge in [0, 0.05) is 0 Å². The van der Waals surface area contributed by atoms with Crippen molar-refractivity contribution in [2.75, 3.05) is 6.61 Å². The average Bonchev–Trinajstić information content (AvgIpc) is 2.62. The van der Waals surface area contributed by atoms with Crippen LogP contribution in [0.1, 0.15) is 20.8 Å². The van der Waals surface area contributed by atoms with Crippen molar-refractivity contribution in [1.82, 2.24) is 0 Å². The van der Waals surface area contributed by atoms with Crippen LogP contribution < -0.4 is 0 Å².